The molecule has 1 rings (SSSR count). The smallest absolute Gasteiger partial charge is 0.0589 e. The van der Waals surface area contributed by atoms with Crippen LogP contribution in [0.25, 0.3) is 0 Å². The van der Waals surface area contributed by atoms with E-state index in [1.165, 1.54) is 51.7 Å². The maximum atomic E-state index is 5.18. The molecule has 0 aromatic heterocycles. The number of unbranched alkanes of at least 4 members (excludes halogenated alkanes) is 2. The summed E-state index contributed by atoms with van der Waals surface area (Å²) in [6, 6.07) is 0.721. The van der Waals surface area contributed by atoms with E-state index >= 15 is 0 Å². The van der Waals surface area contributed by atoms with E-state index in [2.05, 4.69) is 17.1 Å². The summed E-state index contributed by atoms with van der Waals surface area (Å²) in [5.74, 6) is 0. The summed E-state index contributed by atoms with van der Waals surface area (Å²) in [4.78, 5) is 2.56. The number of nitrogens with zero attached hydrogens (tertiary/aromatic N) is 1. The largest absolute Gasteiger partial charge is 0.383 e. The van der Waals surface area contributed by atoms with E-state index in [0.29, 0.717) is 0 Å². The van der Waals surface area contributed by atoms with Gasteiger partial charge in [-0.2, -0.15) is 0 Å². The van der Waals surface area contributed by atoms with Gasteiger partial charge in [0.2, 0.25) is 0 Å². The van der Waals surface area contributed by atoms with Gasteiger partial charge >= 0.3 is 0 Å². The molecule has 1 N–H and O–H groups in total. The molecule has 0 bridgehead atoms. The zero-order valence-electron chi connectivity index (χ0n) is 11.0. The van der Waals surface area contributed by atoms with Crippen LogP contribution in [0.4, 0.5) is 0 Å². The lowest BCUT2D eigenvalue weighted by Gasteiger charge is -2.25. The van der Waals surface area contributed by atoms with Crippen LogP contribution in [0.15, 0.2) is 0 Å². The maximum absolute atomic E-state index is 5.18. The van der Waals surface area contributed by atoms with Gasteiger partial charge in [0.25, 0.3) is 0 Å². The summed E-state index contributed by atoms with van der Waals surface area (Å²) < 4.78 is 5.18. The van der Waals surface area contributed by atoms with Crippen molar-refractivity contribution in [1.82, 2.24) is 10.2 Å². The van der Waals surface area contributed by atoms with E-state index in [4.69, 9.17) is 4.74 Å². The lowest BCUT2D eigenvalue weighted by Crippen LogP contribution is -2.39. The Hall–Kier alpha value is -0.120. The second kappa shape index (κ2) is 8.97. The highest BCUT2D eigenvalue weighted by Crippen LogP contribution is 2.08. The molecule has 3 nitrogen and oxygen atoms in total. The highest BCUT2D eigenvalue weighted by atomic mass is 16.5. The van der Waals surface area contributed by atoms with Gasteiger partial charge < -0.3 is 10.1 Å². The highest BCUT2D eigenvalue weighted by molar-refractivity contribution is 4.77. The lowest BCUT2D eigenvalue weighted by molar-refractivity contribution is 0.140. The fourth-order valence-corrected chi connectivity index (χ4v) is 2.32. The molecule has 1 aliphatic heterocycles. The molecule has 0 aliphatic carbocycles. The molecule has 0 saturated carbocycles. The van der Waals surface area contributed by atoms with Gasteiger partial charge in [-0.05, 0) is 32.4 Å². The molecule has 0 radical (unpaired) electrons. The van der Waals surface area contributed by atoms with Crippen LogP contribution in [-0.4, -0.2) is 50.8 Å². The Kier molecular flexibility index (Phi) is 7.81. The summed E-state index contributed by atoms with van der Waals surface area (Å²) in [5, 5.41) is 3.57. The summed E-state index contributed by atoms with van der Waals surface area (Å²) in [7, 11) is 1.79. The first-order chi connectivity index (χ1) is 7.86. The minimum absolute atomic E-state index is 0.721. The predicted octanol–water partition coefficient (Wildman–Crippen LogP) is 1.88. The van der Waals surface area contributed by atoms with E-state index in [-0.39, 0.29) is 0 Å². The quantitative estimate of drug-likeness (QED) is 0.610. The molecule has 1 heterocycles. The van der Waals surface area contributed by atoms with Gasteiger partial charge in [0.15, 0.2) is 0 Å². The van der Waals surface area contributed by atoms with Crippen molar-refractivity contribution < 1.29 is 4.74 Å². The van der Waals surface area contributed by atoms with E-state index in [0.717, 1.165) is 19.2 Å². The average Bonchev–Trinajstić information content (AvgIpc) is 2.78. The molecular formula is C13H28N2O. The Morgan fingerprint density at radius 1 is 1.31 bits per heavy atom. The van der Waals surface area contributed by atoms with E-state index in [9.17, 15) is 0 Å². The van der Waals surface area contributed by atoms with Crippen molar-refractivity contribution in [3.05, 3.63) is 0 Å². The SMILES string of the molecule is CCCCCN(CCOC)CC1CCCN1. The van der Waals surface area contributed by atoms with E-state index < -0.39 is 0 Å². The molecule has 96 valence electrons. The van der Waals surface area contributed by atoms with Crippen LogP contribution < -0.4 is 5.32 Å². The summed E-state index contributed by atoms with van der Waals surface area (Å²) in [5.41, 5.74) is 0. The number of rotatable bonds is 9. The maximum Gasteiger partial charge on any atom is 0.0589 e. The van der Waals surface area contributed by atoms with Crippen LogP contribution in [0.3, 0.4) is 0 Å². The molecule has 0 aromatic rings. The third kappa shape index (κ3) is 5.83. The van der Waals surface area contributed by atoms with Crippen molar-refractivity contribution in [2.75, 3.05) is 39.9 Å². The van der Waals surface area contributed by atoms with E-state index in [1.807, 2.05) is 0 Å². The molecular weight excluding hydrogens is 200 g/mol. The van der Waals surface area contributed by atoms with Crippen molar-refractivity contribution in [2.45, 2.75) is 45.1 Å². The zero-order valence-corrected chi connectivity index (χ0v) is 11.0. The van der Waals surface area contributed by atoms with Gasteiger partial charge in [-0.25, -0.2) is 0 Å². The summed E-state index contributed by atoms with van der Waals surface area (Å²) in [6.45, 7) is 7.84. The van der Waals surface area contributed by atoms with Gasteiger partial charge in [0.05, 0.1) is 6.61 Å². The highest BCUT2D eigenvalue weighted by Gasteiger charge is 2.17. The van der Waals surface area contributed by atoms with Crippen LogP contribution in [0, 0.1) is 0 Å². The summed E-state index contributed by atoms with van der Waals surface area (Å²) >= 11 is 0. The topological polar surface area (TPSA) is 24.5 Å². The molecule has 16 heavy (non-hydrogen) atoms. The first-order valence-electron chi connectivity index (χ1n) is 6.81. The Morgan fingerprint density at radius 2 is 2.19 bits per heavy atom. The predicted molar refractivity (Wildman–Crippen MR) is 68.9 cm³/mol. The standard InChI is InChI=1S/C13H28N2O/c1-3-4-5-9-15(10-11-16-2)12-13-7-6-8-14-13/h13-14H,3-12H2,1-2H3. The van der Waals surface area contributed by atoms with Crippen molar-refractivity contribution in [3.63, 3.8) is 0 Å². The van der Waals surface area contributed by atoms with Gasteiger partial charge in [-0.3, -0.25) is 4.90 Å². The Balaban J connectivity index is 2.18. The number of ether oxygens (including phenoxy) is 1. The normalized spacial score (nSPS) is 20.8. The van der Waals surface area contributed by atoms with Crippen molar-refractivity contribution in [3.8, 4) is 0 Å². The monoisotopic (exact) mass is 228 g/mol. The fourth-order valence-electron chi connectivity index (χ4n) is 2.32. The molecule has 1 aliphatic rings. The molecule has 0 amide bonds. The molecule has 0 spiro atoms. The average molecular weight is 228 g/mol. The number of hydrogen-bond acceptors (Lipinski definition) is 3. The minimum atomic E-state index is 0.721. The van der Waals surface area contributed by atoms with Gasteiger partial charge in [0.1, 0.15) is 0 Å². The molecule has 1 saturated heterocycles. The van der Waals surface area contributed by atoms with Crippen LogP contribution in [-0.2, 0) is 4.74 Å². The third-order valence-electron chi connectivity index (χ3n) is 3.33. The minimum Gasteiger partial charge on any atom is -0.383 e. The molecule has 3 heteroatoms. The van der Waals surface area contributed by atoms with E-state index in [1.54, 1.807) is 7.11 Å². The Morgan fingerprint density at radius 3 is 2.81 bits per heavy atom. The van der Waals surface area contributed by atoms with Crippen molar-refractivity contribution >= 4 is 0 Å². The van der Waals surface area contributed by atoms with Gasteiger partial charge in [0, 0.05) is 26.2 Å². The van der Waals surface area contributed by atoms with Crippen LogP contribution in [0.5, 0.6) is 0 Å². The third-order valence-corrected chi connectivity index (χ3v) is 3.33. The fraction of sp³-hybridized carbons (Fsp3) is 1.00. The molecule has 1 unspecified atom stereocenters. The number of hydrogen-bond donors (Lipinski definition) is 1. The lowest BCUT2D eigenvalue weighted by atomic mass is 10.2. The Labute approximate surface area is 101 Å². The van der Waals surface area contributed by atoms with Gasteiger partial charge in [-0.15, -0.1) is 0 Å². The molecule has 1 atom stereocenters. The molecule has 1 fully saturated rings. The van der Waals surface area contributed by atoms with Crippen LogP contribution in [0.1, 0.15) is 39.0 Å². The second-order valence-electron chi connectivity index (χ2n) is 4.79. The van der Waals surface area contributed by atoms with Crippen molar-refractivity contribution in [1.29, 1.82) is 0 Å². The number of methoxy groups -OCH3 is 1. The zero-order chi connectivity index (χ0) is 11.6. The first-order valence-corrected chi connectivity index (χ1v) is 6.81. The van der Waals surface area contributed by atoms with Gasteiger partial charge in [-0.1, -0.05) is 19.8 Å². The first kappa shape index (κ1) is 13.9. The Bertz CT molecular complexity index is 158. The van der Waals surface area contributed by atoms with Crippen molar-refractivity contribution in [2.24, 2.45) is 0 Å². The van der Waals surface area contributed by atoms with Crippen LogP contribution >= 0.6 is 0 Å². The molecule has 0 aromatic carbocycles. The number of nitrogens with one attached hydrogen (secondary N) is 1. The van der Waals surface area contributed by atoms with Crippen LogP contribution in [0.2, 0.25) is 0 Å². The summed E-state index contributed by atoms with van der Waals surface area (Å²) in [6.07, 6.45) is 6.67. The second-order valence-corrected chi connectivity index (χ2v) is 4.79.